The quantitative estimate of drug-likeness (QED) is 0.163. The first-order valence-electron chi connectivity index (χ1n) is 17.6. The van der Waals surface area contributed by atoms with Crippen molar-refractivity contribution in [3.8, 4) is 56.4 Å². The highest BCUT2D eigenvalue weighted by molar-refractivity contribution is 6.62. The Bertz CT molecular complexity index is 2510. The van der Waals surface area contributed by atoms with E-state index >= 15 is 0 Å². The summed E-state index contributed by atoms with van der Waals surface area (Å²) < 4.78 is 19.1. The molecule has 0 spiro atoms. The summed E-state index contributed by atoms with van der Waals surface area (Å²) in [6, 6.07) is 49.7. The standard InChI is InChI=1S/C45H36BN3O3/c1-44(2)45(3,4)52-46(51-44)35-24-22-31(23-25-35)41-47-42(49-43(48-41)38-20-13-19-37-36-18-11-12-21-39(36)50-40(37)38)34-27-32(29-14-7-5-8-15-29)26-33(28-34)30-16-9-6-10-17-30/h5-28H,1-4H3. The summed E-state index contributed by atoms with van der Waals surface area (Å²) in [5.74, 6) is 1.66. The van der Waals surface area contributed by atoms with Crippen LogP contribution in [0.4, 0.5) is 0 Å². The number of fused-ring (bicyclic) bond motifs is 3. The Morgan fingerprint density at radius 3 is 1.60 bits per heavy atom. The van der Waals surface area contributed by atoms with Crippen molar-refractivity contribution in [2.24, 2.45) is 0 Å². The van der Waals surface area contributed by atoms with Crippen molar-refractivity contribution in [1.82, 2.24) is 15.0 Å². The summed E-state index contributed by atoms with van der Waals surface area (Å²) in [6.07, 6.45) is 0. The third-order valence-corrected chi connectivity index (χ3v) is 10.4. The van der Waals surface area contributed by atoms with E-state index in [1.807, 2.05) is 66.7 Å². The van der Waals surface area contributed by atoms with Gasteiger partial charge in [-0.3, -0.25) is 0 Å². The van der Waals surface area contributed by atoms with Gasteiger partial charge in [-0.25, -0.2) is 15.0 Å². The van der Waals surface area contributed by atoms with Gasteiger partial charge in [0.1, 0.15) is 11.2 Å². The summed E-state index contributed by atoms with van der Waals surface area (Å²) in [4.78, 5) is 15.4. The highest BCUT2D eigenvalue weighted by atomic mass is 16.7. The molecule has 2 aromatic heterocycles. The molecule has 9 rings (SSSR count). The molecule has 0 radical (unpaired) electrons. The van der Waals surface area contributed by atoms with Crippen molar-refractivity contribution in [2.45, 2.75) is 38.9 Å². The summed E-state index contributed by atoms with van der Waals surface area (Å²) in [6.45, 7) is 8.25. The largest absolute Gasteiger partial charge is 0.494 e. The Balaban J connectivity index is 1.23. The third kappa shape index (κ3) is 5.68. The zero-order valence-corrected chi connectivity index (χ0v) is 29.5. The van der Waals surface area contributed by atoms with E-state index in [1.165, 1.54) is 0 Å². The fraction of sp³-hybridized carbons (Fsp3) is 0.133. The zero-order chi connectivity index (χ0) is 35.5. The van der Waals surface area contributed by atoms with Gasteiger partial charge in [-0.1, -0.05) is 115 Å². The van der Waals surface area contributed by atoms with Gasteiger partial charge in [0.25, 0.3) is 0 Å². The Morgan fingerprint density at radius 2 is 0.962 bits per heavy atom. The molecule has 6 nitrogen and oxygen atoms in total. The molecule has 252 valence electrons. The fourth-order valence-electron chi connectivity index (χ4n) is 6.80. The molecule has 0 aliphatic carbocycles. The lowest BCUT2D eigenvalue weighted by molar-refractivity contribution is 0.00578. The first-order chi connectivity index (χ1) is 25.2. The predicted octanol–water partition coefficient (Wildman–Crippen LogP) is 10.4. The van der Waals surface area contributed by atoms with Gasteiger partial charge in [-0.05, 0) is 85.7 Å². The van der Waals surface area contributed by atoms with Crippen LogP contribution in [0.3, 0.4) is 0 Å². The Labute approximate surface area is 303 Å². The van der Waals surface area contributed by atoms with Crippen LogP contribution >= 0.6 is 0 Å². The van der Waals surface area contributed by atoms with Crippen LogP contribution in [0.1, 0.15) is 27.7 Å². The Kier molecular flexibility index (Phi) is 7.65. The minimum atomic E-state index is -0.466. The van der Waals surface area contributed by atoms with Gasteiger partial charge in [0.05, 0.1) is 16.8 Å². The lowest BCUT2D eigenvalue weighted by atomic mass is 9.79. The molecule has 6 aromatic carbocycles. The van der Waals surface area contributed by atoms with Crippen LogP contribution in [0.5, 0.6) is 0 Å². The van der Waals surface area contributed by atoms with E-state index in [-0.39, 0.29) is 0 Å². The van der Waals surface area contributed by atoms with Crippen molar-refractivity contribution in [2.75, 3.05) is 0 Å². The second-order valence-electron chi connectivity index (χ2n) is 14.3. The summed E-state index contributed by atoms with van der Waals surface area (Å²) in [7, 11) is -0.466. The normalized spacial score (nSPS) is 15.0. The lowest BCUT2D eigenvalue weighted by Crippen LogP contribution is -2.41. The van der Waals surface area contributed by atoms with Crippen molar-refractivity contribution in [3.05, 3.63) is 146 Å². The SMILES string of the molecule is CC1(C)OB(c2ccc(-c3nc(-c4cc(-c5ccccc5)cc(-c5ccccc5)c4)nc(-c4cccc5c4oc4ccccc45)n3)cc2)OC1(C)C. The van der Waals surface area contributed by atoms with Crippen LogP contribution in [0, 0.1) is 0 Å². The van der Waals surface area contributed by atoms with E-state index in [2.05, 4.69) is 107 Å². The maximum Gasteiger partial charge on any atom is 0.494 e. The van der Waals surface area contributed by atoms with Gasteiger partial charge < -0.3 is 13.7 Å². The molecule has 1 aliphatic rings. The fourth-order valence-corrected chi connectivity index (χ4v) is 6.80. The van der Waals surface area contributed by atoms with Gasteiger partial charge in [0.2, 0.25) is 0 Å². The minimum Gasteiger partial charge on any atom is -0.455 e. The van der Waals surface area contributed by atoms with Crippen LogP contribution in [0.25, 0.3) is 78.4 Å². The molecular weight excluding hydrogens is 641 g/mol. The van der Waals surface area contributed by atoms with Crippen molar-refractivity contribution in [3.63, 3.8) is 0 Å². The summed E-state index contributed by atoms with van der Waals surface area (Å²) in [5.41, 5.74) is 8.55. The van der Waals surface area contributed by atoms with E-state index in [9.17, 15) is 0 Å². The maximum atomic E-state index is 6.46. The molecule has 0 amide bonds. The topological polar surface area (TPSA) is 70.3 Å². The van der Waals surface area contributed by atoms with E-state index in [1.54, 1.807) is 0 Å². The van der Waals surface area contributed by atoms with Crippen LogP contribution in [-0.4, -0.2) is 33.3 Å². The van der Waals surface area contributed by atoms with Gasteiger partial charge in [-0.15, -0.1) is 0 Å². The molecule has 0 atom stereocenters. The van der Waals surface area contributed by atoms with Crippen LogP contribution in [-0.2, 0) is 9.31 Å². The highest BCUT2D eigenvalue weighted by Gasteiger charge is 2.51. The molecule has 0 saturated carbocycles. The average molecular weight is 678 g/mol. The monoisotopic (exact) mass is 677 g/mol. The third-order valence-electron chi connectivity index (χ3n) is 10.4. The van der Waals surface area contributed by atoms with Gasteiger partial charge in [0.15, 0.2) is 17.5 Å². The molecule has 1 fully saturated rings. The first-order valence-corrected chi connectivity index (χ1v) is 17.6. The summed E-state index contributed by atoms with van der Waals surface area (Å²) in [5, 5.41) is 2.07. The molecule has 1 saturated heterocycles. The molecule has 3 heterocycles. The number of para-hydroxylation sites is 2. The average Bonchev–Trinajstić information content (AvgIpc) is 3.67. The molecule has 0 unspecified atom stereocenters. The van der Waals surface area contributed by atoms with E-state index in [0.29, 0.717) is 17.5 Å². The van der Waals surface area contributed by atoms with Crippen molar-refractivity contribution in [1.29, 1.82) is 0 Å². The number of hydrogen-bond acceptors (Lipinski definition) is 6. The molecule has 0 N–H and O–H groups in total. The van der Waals surface area contributed by atoms with Gasteiger partial charge >= 0.3 is 7.12 Å². The van der Waals surface area contributed by atoms with Crippen LogP contribution in [0.15, 0.2) is 150 Å². The second-order valence-corrected chi connectivity index (χ2v) is 14.3. The Hall–Kier alpha value is -5.89. The van der Waals surface area contributed by atoms with Crippen LogP contribution in [0.2, 0.25) is 0 Å². The molecule has 52 heavy (non-hydrogen) atoms. The number of furan rings is 1. The van der Waals surface area contributed by atoms with E-state index in [0.717, 1.165) is 66.3 Å². The number of nitrogens with zero attached hydrogens (tertiary/aromatic N) is 3. The maximum absolute atomic E-state index is 6.46. The highest BCUT2D eigenvalue weighted by Crippen LogP contribution is 2.38. The number of rotatable bonds is 6. The smallest absolute Gasteiger partial charge is 0.455 e. The molecule has 7 heteroatoms. The molecular formula is C45H36BN3O3. The number of aromatic nitrogens is 3. The minimum absolute atomic E-state index is 0.432. The van der Waals surface area contributed by atoms with E-state index in [4.69, 9.17) is 28.7 Å². The first kappa shape index (κ1) is 32.1. The van der Waals surface area contributed by atoms with E-state index < -0.39 is 18.3 Å². The summed E-state index contributed by atoms with van der Waals surface area (Å²) >= 11 is 0. The van der Waals surface area contributed by atoms with Crippen LogP contribution < -0.4 is 5.46 Å². The number of hydrogen-bond donors (Lipinski definition) is 0. The van der Waals surface area contributed by atoms with Crippen molar-refractivity contribution < 1.29 is 13.7 Å². The van der Waals surface area contributed by atoms with Crippen molar-refractivity contribution >= 4 is 34.5 Å². The number of benzene rings is 6. The zero-order valence-electron chi connectivity index (χ0n) is 29.5. The Morgan fingerprint density at radius 1 is 0.442 bits per heavy atom. The molecule has 8 aromatic rings. The predicted molar refractivity (Wildman–Crippen MR) is 210 cm³/mol. The molecule has 0 bridgehead atoms. The van der Waals surface area contributed by atoms with Gasteiger partial charge in [0, 0.05) is 21.9 Å². The lowest BCUT2D eigenvalue weighted by Gasteiger charge is -2.32. The second kappa shape index (κ2) is 12.4. The molecule has 1 aliphatic heterocycles. The van der Waals surface area contributed by atoms with Gasteiger partial charge in [-0.2, -0.15) is 0 Å².